The van der Waals surface area contributed by atoms with Gasteiger partial charge in [0.15, 0.2) is 0 Å². The summed E-state index contributed by atoms with van der Waals surface area (Å²) in [5, 5.41) is 13.4. The Hall–Kier alpha value is -4.17. The Morgan fingerprint density at radius 1 is 1.06 bits per heavy atom. The lowest BCUT2D eigenvalue weighted by atomic mass is 10.1. The van der Waals surface area contributed by atoms with Gasteiger partial charge < -0.3 is 9.88 Å². The first-order valence-electron chi connectivity index (χ1n) is 10.3. The van der Waals surface area contributed by atoms with Crippen molar-refractivity contribution in [3.8, 4) is 6.07 Å². The first-order chi connectivity index (χ1) is 15.4. The molecule has 158 valence electrons. The second-order valence-electron chi connectivity index (χ2n) is 7.78. The number of aromatic nitrogens is 1. The zero-order valence-electron chi connectivity index (χ0n) is 17.9. The molecule has 5 heteroatoms. The Labute approximate surface area is 186 Å². The minimum absolute atomic E-state index is 0.0212. The monoisotopic (exact) mass is 423 g/mol. The number of para-hydroxylation sites is 1. The molecule has 0 bridgehead atoms. The number of carbonyl (C=O) groups excluding carboxylic acids is 1. The predicted molar refractivity (Wildman–Crippen MR) is 126 cm³/mol. The number of hydrogen-bond donors (Lipinski definition) is 1. The molecule has 1 heterocycles. The van der Waals surface area contributed by atoms with E-state index in [9.17, 15) is 14.4 Å². The van der Waals surface area contributed by atoms with Crippen LogP contribution in [0.2, 0.25) is 0 Å². The Morgan fingerprint density at radius 3 is 2.53 bits per heavy atom. The van der Waals surface area contributed by atoms with Crippen LogP contribution in [0.3, 0.4) is 0 Å². The van der Waals surface area contributed by atoms with Crippen molar-refractivity contribution in [3.05, 3.63) is 107 Å². The van der Waals surface area contributed by atoms with Crippen molar-refractivity contribution >= 4 is 28.6 Å². The molecule has 0 spiro atoms. The van der Waals surface area contributed by atoms with Crippen LogP contribution in [-0.2, 0) is 11.3 Å². The zero-order chi connectivity index (χ0) is 22.7. The highest BCUT2D eigenvalue weighted by atomic mass is 19.1. The number of aryl methyl sites for hydroxylation is 2. The van der Waals surface area contributed by atoms with Crippen molar-refractivity contribution in [2.45, 2.75) is 20.4 Å². The molecule has 0 saturated heterocycles. The summed E-state index contributed by atoms with van der Waals surface area (Å²) < 4.78 is 15.3. The lowest BCUT2D eigenvalue weighted by Gasteiger charge is -2.07. The molecular formula is C27H22FN3O. The molecule has 0 aliphatic carbocycles. The number of hydrogen-bond acceptors (Lipinski definition) is 2. The van der Waals surface area contributed by atoms with Crippen molar-refractivity contribution in [2.24, 2.45) is 0 Å². The van der Waals surface area contributed by atoms with Gasteiger partial charge in [-0.15, -0.1) is 0 Å². The fourth-order valence-corrected chi connectivity index (χ4v) is 3.63. The number of anilines is 1. The maximum Gasteiger partial charge on any atom is 0.266 e. The molecule has 4 nitrogen and oxygen atoms in total. The Kier molecular flexibility index (Phi) is 5.87. The number of nitrogens with one attached hydrogen (secondary N) is 1. The summed E-state index contributed by atoms with van der Waals surface area (Å²) in [6.07, 6.45) is 3.52. The van der Waals surface area contributed by atoms with Gasteiger partial charge in [-0.1, -0.05) is 36.4 Å². The van der Waals surface area contributed by atoms with Crippen LogP contribution in [0.4, 0.5) is 10.1 Å². The molecule has 1 aromatic heterocycles. The summed E-state index contributed by atoms with van der Waals surface area (Å²) >= 11 is 0. The van der Waals surface area contributed by atoms with E-state index in [0.29, 0.717) is 12.2 Å². The van der Waals surface area contributed by atoms with Gasteiger partial charge in [-0.3, -0.25) is 4.79 Å². The number of nitriles is 1. The molecule has 4 aromatic rings. The van der Waals surface area contributed by atoms with Gasteiger partial charge in [-0.2, -0.15) is 5.26 Å². The zero-order valence-corrected chi connectivity index (χ0v) is 17.9. The molecule has 1 N–H and O–H groups in total. The highest BCUT2D eigenvalue weighted by Crippen LogP contribution is 2.25. The van der Waals surface area contributed by atoms with Crippen molar-refractivity contribution in [2.75, 3.05) is 5.32 Å². The number of carbonyl (C=O) groups is 1. The smallest absolute Gasteiger partial charge is 0.266 e. The van der Waals surface area contributed by atoms with Crippen LogP contribution >= 0.6 is 0 Å². The van der Waals surface area contributed by atoms with E-state index >= 15 is 0 Å². The molecule has 0 fully saturated rings. The molecular weight excluding hydrogens is 401 g/mol. The Morgan fingerprint density at radius 2 is 1.81 bits per heavy atom. The maximum absolute atomic E-state index is 13.3. The van der Waals surface area contributed by atoms with E-state index < -0.39 is 5.91 Å². The molecule has 0 radical (unpaired) electrons. The summed E-state index contributed by atoms with van der Waals surface area (Å²) in [6, 6.07) is 21.8. The first kappa shape index (κ1) is 21.1. The molecule has 0 aliphatic heterocycles. The quantitative estimate of drug-likeness (QED) is 0.317. The number of rotatable bonds is 5. The normalized spacial score (nSPS) is 11.4. The van der Waals surface area contributed by atoms with Crippen LogP contribution in [0, 0.1) is 31.0 Å². The average Bonchev–Trinajstić information content (AvgIpc) is 3.13. The van der Waals surface area contributed by atoms with Crippen LogP contribution in [-0.4, -0.2) is 10.5 Å². The molecule has 4 rings (SSSR count). The van der Waals surface area contributed by atoms with E-state index in [4.69, 9.17) is 0 Å². The Balaban J connectivity index is 1.66. The second-order valence-corrected chi connectivity index (χ2v) is 7.78. The van der Waals surface area contributed by atoms with Gasteiger partial charge in [-0.05, 0) is 66.9 Å². The van der Waals surface area contributed by atoms with Crippen molar-refractivity contribution in [1.29, 1.82) is 5.26 Å². The van der Waals surface area contributed by atoms with Gasteiger partial charge >= 0.3 is 0 Å². The molecule has 1 amide bonds. The van der Waals surface area contributed by atoms with Gasteiger partial charge in [0.2, 0.25) is 0 Å². The number of halogens is 1. The molecule has 32 heavy (non-hydrogen) atoms. The summed E-state index contributed by atoms with van der Waals surface area (Å²) in [6.45, 7) is 4.52. The predicted octanol–water partition coefficient (Wildman–Crippen LogP) is 5.99. The molecule has 0 atom stereocenters. The van der Waals surface area contributed by atoms with Crippen LogP contribution in [0.5, 0.6) is 0 Å². The van der Waals surface area contributed by atoms with Crippen LogP contribution in [0.1, 0.15) is 22.3 Å². The van der Waals surface area contributed by atoms with E-state index in [-0.39, 0.29) is 11.4 Å². The Bertz CT molecular complexity index is 1370. The number of amides is 1. The largest absolute Gasteiger partial charge is 0.342 e. The summed E-state index contributed by atoms with van der Waals surface area (Å²) in [5.41, 5.74) is 5.56. The third kappa shape index (κ3) is 4.45. The summed E-state index contributed by atoms with van der Waals surface area (Å²) in [5.74, 6) is -0.727. The van der Waals surface area contributed by atoms with E-state index in [2.05, 4.69) is 5.32 Å². The lowest BCUT2D eigenvalue weighted by Crippen LogP contribution is -2.13. The molecule has 0 unspecified atom stereocenters. The second kappa shape index (κ2) is 8.91. The van der Waals surface area contributed by atoms with Gasteiger partial charge in [0.25, 0.3) is 5.91 Å². The fourth-order valence-electron chi connectivity index (χ4n) is 3.63. The fraction of sp³-hybridized carbons (Fsp3) is 0.111. The van der Waals surface area contributed by atoms with Crippen LogP contribution in [0.15, 0.2) is 78.5 Å². The first-order valence-corrected chi connectivity index (χ1v) is 10.3. The minimum Gasteiger partial charge on any atom is -0.342 e. The summed E-state index contributed by atoms with van der Waals surface area (Å²) in [4.78, 5) is 12.8. The molecule has 0 saturated carbocycles. The maximum atomic E-state index is 13.3. The molecule has 3 aromatic carbocycles. The van der Waals surface area contributed by atoms with E-state index in [1.807, 2.05) is 73.1 Å². The van der Waals surface area contributed by atoms with E-state index in [0.717, 1.165) is 33.2 Å². The number of nitrogens with zero attached hydrogens (tertiary/aromatic N) is 2. The van der Waals surface area contributed by atoms with Gasteiger partial charge in [0.1, 0.15) is 17.5 Å². The highest BCUT2D eigenvalue weighted by molar-refractivity contribution is 6.10. The average molecular weight is 423 g/mol. The van der Waals surface area contributed by atoms with Crippen LogP contribution in [0.25, 0.3) is 17.0 Å². The SMILES string of the molecule is Cc1ccc(NC(=O)/C(C#N)=C/c2cn(Cc3ccc(F)cc3)c3ccccc23)cc1C. The van der Waals surface area contributed by atoms with Crippen LogP contribution < -0.4 is 5.32 Å². The molecule has 0 aliphatic rings. The minimum atomic E-state index is -0.453. The highest BCUT2D eigenvalue weighted by Gasteiger charge is 2.13. The van der Waals surface area contributed by atoms with Crippen molar-refractivity contribution < 1.29 is 9.18 Å². The topological polar surface area (TPSA) is 57.8 Å². The van der Waals surface area contributed by atoms with Gasteiger partial charge in [-0.25, -0.2) is 4.39 Å². The number of fused-ring (bicyclic) bond motifs is 1. The van der Waals surface area contributed by atoms with Crippen molar-refractivity contribution in [3.63, 3.8) is 0 Å². The van der Waals surface area contributed by atoms with Crippen molar-refractivity contribution in [1.82, 2.24) is 4.57 Å². The third-order valence-corrected chi connectivity index (χ3v) is 5.52. The summed E-state index contributed by atoms with van der Waals surface area (Å²) in [7, 11) is 0. The number of benzene rings is 3. The lowest BCUT2D eigenvalue weighted by molar-refractivity contribution is -0.112. The van der Waals surface area contributed by atoms with Gasteiger partial charge in [0.05, 0.1) is 0 Å². The standard InChI is InChI=1S/C27H22FN3O/c1-18-7-12-24(13-19(18)2)30-27(32)21(15-29)14-22-17-31(26-6-4-3-5-25(22)26)16-20-8-10-23(28)11-9-20/h3-14,17H,16H2,1-2H3,(H,30,32)/b21-14+. The van der Waals surface area contributed by atoms with E-state index in [1.54, 1.807) is 18.2 Å². The third-order valence-electron chi connectivity index (χ3n) is 5.52. The van der Waals surface area contributed by atoms with Gasteiger partial charge in [0, 0.05) is 34.9 Å². The van der Waals surface area contributed by atoms with E-state index in [1.165, 1.54) is 12.1 Å².